The van der Waals surface area contributed by atoms with E-state index < -0.39 is 5.97 Å². The molecule has 0 saturated heterocycles. The maximum atomic E-state index is 11.0. The average Bonchev–Trinajstić information content (AvgIpc) is 2.84. The summed E-state index contributed by atoms with van der Waals surface area (Å²) in [6.07, 6.45) is 1.73. The standard InChI is InChI=1S/C17H16N2O4/c1-2-23-11-4-6-15-13(8-11)14(18)9-19(15)10-3-5-12(17(21)22)16(20)7-10/h3-9,20H,2,18H2,1H3,(H,21,22). The number of nitrogens with two attached hydrogens (primary N) is 1. The molecular formula is C17H16N2O4. The highest BCUT2D eigenvalue weighted by atomic mass is 16.5. The zero-order chi connectivity index (χ0) is 16.6. The van der Waals surface area contributed by atoms with Gasteiger partial charge in [0.1, 0.15) is 17.1 Å². The Balaban J connectivity index is 2.13. The third kappa shape index (κ3) is 2.55. The molecule has 0 aliphatic rings. The van der Waals surface area contributed by atoms with Crippen LogP contribution in [0.1, 0.15) is 17.3 Å². The molecule has 3 aromatic rings. The van der Waals surface area contributed by atoms with Gasteiger partial charge in [-0.05, 0) is 37.3 Å². The van der Waals surface area contributed by atoms with Crippen LogP contribution in [0.5, 0.6) is 11.5 Å². The van der Waals surface area contributed by atoms with E-state index in [1.54, 1.807) is 16.8 Å². The number of hydrogen-bond donors (Lipinski definition) is 3. The molecule has 0 atom stereocenters. The number of carboxylic acid groups (broad SMARTS) is 1. The molecule has 118 valence electrons. The molecule has 0 amide bonds. The Morgan fingerprint density at radius 2 is 2.04 bits per heavy atom. The molecule has 0 unspecified atom stereocenters. The number of phenols is 1. The van der Waals surface area contributed by atoms with Crippen molar-refractivity contribution in [1.29, 1.82) is 0 Å². The molecule has 23 heavy (non-hydrogen) atoms. The van der Waals surface area contributed by atoms with Crippen molar-refractivity contribution in [3.63, 3.8) is 0 Å². The molecule has 4 N–H and O–H groups in total. The van der Waals surface area contributed by atoms with Crippen molar-refractivity contribution in [3.05, 3.63) is 48.2 Å². The number of benzene rings is 2. The molecule has 0 aliphatic carbocycles. The van der Waals surface area contributed by atoms with E-state index in [4.69, 9.17) is 15.6 Å². The van der Waals surface area contributed by atoms with Crippen LogP contribution in [0.2, 0.25) is 0 Å². The predicted molar refractivity (Wildman–Crippen MR) is 87.5 cm³/mol. The first-order valence-corrected chi connectivity index (χ1v) is 7.11. The first-order chi connectivity index (χ1) is 11.0. The third-order valence-corrected chi connectivity index (χ3v) is 3.61. The molecular weight excluding hydrogens is 296 g/mol. The van der Waals surface area contributed by atoms with Crippen LogP contribution in [0.25, 0.3) is 16.6 Å². The van der Waals surface area contributed by atoms with Crippen molar-refractivity contribution >= 4 is 22.6 Å². The number of nitrogens with zero attached hydrogens (tertiary/aromatic N) is 1. The number of aromatic hydroxyl groups is 1. The second kappa shape index (κ2) is 5.57. The monoisotopic (exact) mass is 312 g/mol. The molecule has 6 nitrogen and oxygen atoms in total. The molecule has 0 saturated carbocycles. The second-order valence-corrected chi connectivity index (χ2v) is 5.07. The lowest BCUT2D eigenvalue weighted by Crippen LogP contribution is -1.99. The highest BCUT2D eigenvalue weighted by molar-refractivity contribution is 5.95. The largest absolute Gasteiger partial charge is 0.507 e. The van der Waals surface area contributed by atoms with Crippen molar-refractivity contribution in [2.45, 2.75) is 6.92 Å². The van der Waals surface area contributed by atoms with Crippen LogP contribution >= 0.6 is 0 Å². The summed E-state index contributed by atoms with van der Waals surface area (Å²) in [6.45, 7) is 2.47. The van der Waals surface area contributed by atoms with Gasteiger partial charge >= 0.3 is 5.97 Å². The zero-order valence-corrected chi connectivity index (χ0v) is 12.5. The van der Waals surface area contributed by atoms with E-state index in [-0.39, 0.29) is 11.3 Å². The van der Waals surface area contributed by atoms with Crippen LogP contribution in [0.15, 0.2) is 42.6 Å². The highest BCUT2D eigenvalue weighted by Crippen LogP contribution is 2.31. The SMILES string of the molecule is CCOc1ccc2c(c1)c(N)cn2-c1ccc(C(=O)O)c(O)c1. The van der Waals surface area contributed by atoms with E-state index in [0.29, 0.717) is 18.0 Å². The third-order valence-electron chi connectivity index (χ3n) is 3.61. The molecule has 0 fully saturated rings. The van der Waals surface area contributed by atoms with Crippen molar-refractivity contribution in [3.8, 4) is 17.2 Å². The molecule has 6 heteroatoms. The predicted octanol–water partition coefficient (Wildman–Crippen LogP) is 3.02. The van der Waals surface area contributed by atoms with Crippen molar-refractivity contribution < 1.29 is 19.7 Å². The van der Waals surface area contributed by atoms with Gasteiger partial charge in [0.15, 0.2) is 0 Å². The minimum Gasteiger partial charge on any atom is -0.507 e. The normalized spacial score (nSPS) is 10.8. The van der Waals surface area contributed by atoms with Crippen LogP contribution in [0.4, 0.5) is 5.69 Å². The summed E-state index contributed by atoms with van der Waals surface area (Å²) in [5.74, 6) is -0.734. The minimum absolute atomic E-state index is 0.142. The fourth-order valence-corrected chi connectivity index (χ4v) is 2.56. The number of carbonyl (C=O) groups is 1. The van der Waals surface area contributed by atoms with Crippen LogP contribution in [-0.2, 0) is 0 Å². The maximum Gasteiger partial charge on any atom is 0.339 e. The molecule has 0 spiro atoms. The molecule has 2 aromatic carbocycles. The summed E-state index contributed by atoms with van der Waals surface area (Å²) in [5.41, 5.74) is 7.96. The Morgan fingerprint density at radius 1 is 1.26 bits per heavy atom. The Labute approximate surface area is 132 Å². The van der Waals surface area contributed by atoms with Crippen molar-refractivity contribution in [2.24, 2.45) is 0 Å². The van der Waals surface area contributed by atoms with Crippen molar-refractivity contribution in [1.82, 2.24) is 4.57 Å². The molecule has 1 aromatic heterocycles. The lowest BCUT2D eigenvalue weighted by atomic mass is 10.1. The number of aromatic carboxylic acids is 1. The number of hydrogen-bond acceptors (Lipinski definition) is 4. The fraction of sp³-hybridized carbons (Fsp3) is 0.118. The van der Waals surface area contributed by atoms with Crippen LogP contribution < -0.4 is 10.5 Å². The highest BCUT2D eigenvalue weighted by Gasteiger charge is 2.13. The lowest BCUT2D eigenvalue weighted by molar-refractivity contribution is 0.0694. The smallest absolute Gasteiger partial charge is 0.339 e. The van der Waals surface area contributed by atoms with E-state index in [9.17, 15) is 9.90 Å². The van der Waals surface area contributed by atoms with Gasteiger partial charge in [-0.15, -0.1) is 0 Å². The molecule has 3 rings (SSSR count). The van der Waals surface area contributed by atoms with Gasteiger partial charge < -0.3 is 25.3 Å². The van der Waals surface area contributed by atoms with Gasteiger partial charge in [-0.2, -0.15) is 0 Å². The lowest BCUT2D eigenvalue weighted by Gasteiger charge is -2.08. The summed E-state index contributed by atoms with van der Waals surface area (Å²) < 4.78 is 7.27. The van der Waals surface area contributed by atoms with Gasteiger partial charge in [0, 0.05) is 23.3 Å². The summed E-state index contributed by atoms with van der Waals surface area (Å²) in [5, 5.41) is 19.7. The number of rotatable bonds is 4. The van der Waals surface area contributed by atoms with E-state index in [1.165, 1.54) is 12.1 Å². The van der Waals surface area contributed by atoms with Gasteiger partial charge in [-0.25, -0.2) is 4.79 Å². The Hall–Kier alpha value is -3.15. The molecule has 0 bridgehead atoms. The number of ether oxygens (including phenoxy) is 1. The zero-order valence-electron chi connectivity index (χ0n) is 12.5. The quantitative estimate of drug-likeness (QED) is 0.688. The minimum atomic E-state index is -1.17. The Morgan fingerprint density at radius 3 is 2.70 bits per heavy atom. The number of fused-ring (bicyclic) bond motifs is 1. The van der Waals surface area contributed by atoms with Crippen molar-refractivity contribution in [2.75, 3.05) is 12.3 Å². The number of anilines is 1. The summed E-state index contributed by atoms with van der Waals surface area (Å²) >= 11 is 0. The second-order valence-electron chi connectivity index (χ2n) is 5.07. The first-order valence-electron chi connectivity index (χ1n) is 7.11. The number of carboxylic acids is 1. The van der Waals surface area contributed by atoms with Gasteiger partial charge in [-0.1, -0.05) is 0 Å². The average molecular weight is 312 g/mol. The summed E-state index contributed by atoms with van der Waals surface area (Å²) in [6, 6.07) is 9.96. The molecule has 0 radical (unpaired) electrons. The van der Waals surface area contributed by atoms with Crippen LogP contribution in [-0.4, -0.2) is 27.4 Å². The van der Waals surface area contributed by atoms with Gasteiger partial charge in [0.25, 0.3) is 0 Å². The molecule has 0 aliphatic heterocycles. The summed E-state index contributed by atoms with van der Waals surface area (Å²) in [4.78, 5) is 11.0. The van der Waals surface area contributed by atoms with Crippen LogP contribution in [0, 0.1) is 0 Å². The van der Waals surface area contributed by atoms with E-state index in [1.807, 2.05) is 25.1 Å². The number of nitrogen functional groups attached to an aromatic ring is 1. The fourth-order valence-electron chi connectivity index (χ4n) is 2.56. The van der Waals surface area contributed by atoms with E-state index in [2.05, 4.69) is 0 Å². The maximum absolute atomic E-state index is 11.0. The Bertz CT molecular complexity index is 899. The van der Waals surface area contributed by atoms with Gasteiger partial charge in [-0.3, -0.25) is 0 Å². The summed E-state index contributed by atoms with van der Waals surface area (Å²) in [7, 11) is 0. The van der Waals surface area contributed by atoms with Gasteiger partial charge in [0.2, 0.25) is 0 Å². The number of aromatic nitrogens is 1. The first kappa shape index (κ1) is 14.8. The van der Waals surface area contributed by atoms with E-state index in [0.717, 1.165) is 16.7 Å². The topological polar surface area (TPSA) is 97.7 Å². The van der Waals surface area contributed by atoms with Gasteiger partial charge in [0.05, 0.1) is 17.8 Å². The van der Waals surface area contributed by atoms with E-state index >= 15 is 0 Å². The Kier molecular flexibility index (Phi) is 3.57. The molecule has 1 heterocycles. The van der Waals surface area contributed by atoms with Crippen LogP contribution in [0.3, 0.4) is 0 Å².